The normalized spacial score (nSPS) is 8.91. The van der Waals surface area contributed by atoms with Gasteiger partial charge in [0.1, 0.15) is 0 Å². The van der Waals surface area contributed by atoms with Crippen LogP contribution in [0.5, 0.6) is 0 Å². The van der Waals surface area contributed by atoms with Crippen molar-refractivity contribution in [1.82, 2.24) is 5.48 Å². The van der Waals surface area contributed by atoms with Crippen molar-refractivity contribution in [2.24, 2.45) is 0 Å². The van der Waals surface area contributed by atoms with Gasteiger partial charge in [-0.05, 0) is 6.42 Å². The molecule has 1 N–H and O–H groups in total. The molecule has 0 heterocycles. The monoisotopic (exact) mass is 159 g/mol. The molecule has 0 spiro atoms. The average molecular weight is 159 g/mol. The maximum Gasteiger partial charge on any atom is 0.329 e. The van der Waals surface area contributed by atoms with Crippen molar-refractivity contribution in [2.45, 2.75) is 33.1 Å². The van der Waals surface area contributed by atoms with Crippen LogP contribution < -0.4 is 5.48 Å². The molecule has 0 saturated heterocycles. The van der Waals surface area contributed by atoms with Crippen LogP contribution in [0.15, 0.2) is 0 Å². The molecule has 0 aliphatic carbocycles. The lowest BCUT2D eigenvalue weighted by atomic mass is 10.2. The van der Waals surface area contributed by atoms with E-state index in [1.807, 2.05) is 12.4 Å². The first-order chi connectivity index (χ1) is 5.16. The fourth-order valence-corrected chi connectivity index (χ4v) is 0.517. The lowest BCUT2D eigenvalue weighted by molar-refractivity contribution is -0.156. The van der Waals surface area contributed by atoms with Gasteiger partial charge in [-0.2, -0.15) is 5.48 Å². The maximum absolute atomic E-state index is 10.7. The Morgan fingerprint density at radius 3 is 2.55 bits per heavy atom. The molecule has 0 aromatic rings. The minimum atomic E-state index is -0.505. The van der Waals surface area contributed by atoms with Gasteiger partial charge in [0.2, 0.25) is 0 Å². The lowest BCUT2D eigenvalue weighted by Crippen LogP contribution is -2.25. The summed E-state index contributed by atoms with van der Waals surface area (Å²) in [5, 5.41) is 0. The highest BCUT2D eigenvalue weighted by Gasteiger charge is 2.00. The summed E-state index contributed by atoms with van der Waals surface area (Å²) in [4.78, 5) is 25.2. The highest BCUT2D eigenvalue weighted by molar-refractivity contribution is 5.77. The summed E-state index contributed by atoms with van der Waals surface area (Å²) in [6.45, 7) is 3.22. The minimum Gasteiger partial charge on any atom is -0.341 e. The fraction of sp³-hybridized carbons (Fsp3) is 0.714. The molecule has 64 valence electrons. The van der Waals surface area contributed by atoms with Crippen LogP contribution in [0.3, 0.4) is 0 Å². The summed E-state index contributed by atoms with van der Waals surface area (Å²) in [7, 11) is 0. The SMILES string of the molecule is CCCCC(=O)NOC(C)=O. The van der Waals surface area contributed by atoms with Crippen molar-refractivity contribution in [1.29, 1.82) is 0 Å². The zero-order valence-electron chi connectivity index (χ0n) is 6.85. The predicted molar refractivity (Wildman–Crippen MR) is 39.4 cm³/mol. The molecule has 0 radical (unpaired) electrons. The molecule has 0 bridgehead atoms. The zero-order chi connectivity index (χ0) is 8.69. The predicted octanol–water partition coefficient (Wildman–Crippen LogP) is 0.771. The van der Waals surface area contributed by atoms with Gasteiger partial charge in [-0.25, -0.2) is 0 Å². The summed E-state index contributed by atoms with van der Waals surface area (Å²) in [6.07, 6.45) is 2.17. The Morgan fingerprint density at radius 1 is 1.45 bits per heavy atom. The Hall–Kier alpha value is -1.06. The van der Waals surface area contributed by atoms with Crippen LogP contribution in [0.1, 0.15) is 33.1 Å². The van der Waals surface area contributed by atoms with Gasteiger partial charge in [0.25, 0.3) is 5.91 Å². The van der Waals surface area contributed by atoms with E-state index in [0.717, 1.165) is 12.8 Å². The molecule has 0 saturated carbocycles. The lowest BCUT2D eigenvalue weighted by Gasteiger charge is -2.01. The number of hydroxylamine groups is 1. The Labute approximate surface area is 65.9 Å². The number of hydrogen-bond acceptors (Lipinski definition) is 3. The molecule has 0 unspecified atom stereocenters. The standard InChI is InChI=1S/C7H13NO3/c1-3-4-5-7(10)8-11-6(2)9/h3-5H2,1-2H3,(H,8,10). The average Bonchev–Trinajstić information content (AvgIpc) is 1.97. The molecule has 1 amide bonds. The second kappa shape index (κ2) is 5.70. The molecule has 0 rings (SSSR count). The number of carbonyl (C=O) groups excluding carboxylic acids is 2. The van der Waals surface area contributed by atoms with E-state index in [-0.39, 0.29) is 5.91 Å². The Balaban J connectivity index is 3.30. The Bertz CT molecular complexity index is 145. The number of unbranched alkanes of at least 4 members (excludes halogenated alkanes) is 1. The third-order valence-electron chi connectivity index (χ3n) is 1.07. The summed E-state index contributed by atoms with van der Waals surface area (Å²) >= 11 is 0. The molecular formula is C7H13NO3. The molecule has 0 aliphatic heterocycles. The summed E-state index contributed by atoms with van der Waals surface area (Å²) in [6, 6.07) is 0. The van der Waals surface area contributed by atoms with Crippen LogP contribution in [0.2, 0.25) is 0 Å². The fourth-order valence-electron chi connectivity index (χ4n) is 0.517. The number of hydrogen-bond donors (Lipinski definition) is 1. The van der Waals surface area contributed by atoms with Crippen LogP contribution in [0.25, 0.3) is 0 Å². The highest BCUT2D eigenvalue weighted by atomic mass is 16.7. The smallest absolute Gasteiger partial charge is 0.329 e. The molecule has 0 fully saturated rings. The first-order valence-corrected chi connectivity index (χ1v) is 3.63. The van der Waals surface area contributed by atoms with Crippen molar-refractivity contribution in [2.75, 3.05) is 0 Å². The summed E-state index contributed by atoms with van der Waals surface area (Å²) in [5.74, 6) is -0.753. The van der Waals surface area contributed by atoms with E-state index in [2.05, 4.69) is 4.84 Å². The van der Waals surface area contributed by atoms with Gasteiger partial charge in [-0.1, -0.05) is 13.3 Å². The Kier molecular flexibility index (Phi) is 5.15. The Morgan fingerprint density at radius 2 is 2.09 bits per heavy atom. The van der Waals surface area contributed by atoms with E-state index in [1.54, 1.807) is 0 Å². The third kappa shape index (κ3) is 6.83. The van der Waals surface area contributed by atoms with Gasteiger partial charge in [0.05, 0.1) is 0 Å². The number of carbonyl (C=O) groups is 2. The van der Waals surface area contributed by atoms with Crippen molar-refractivity contribution < 1.29 is 14.4 Å². The number of rotatable bonds is 3. The molecule has 0 atom stereocenters. The molecule has 0 aromatic carbocycles. The second-order valence-corrected chi connectivity index (χ2v) is 2.22. The first-order valence-electron chi connectivity index (χ1n) is 3.63. The number of amides is 1. The summed E-state index contributed by atoms with van der Waals surface area (Å²) < 4.78 is 0. The van der Waals surface area contributed by atoms with Crippen LogP contribution >= 0.6 is 0 Å². The van der Waals surface area contributed by atoms with Gasteiger partial charge < -0.3 is 4.84 Å². The van der Waals surface area contributed by atoms with Gasteiger partial charge in [-0.3, -0.25) is 9.59 Å². The topological polar surface area (TPSA) is 55.4 Å². The molecule has 4 heteroatoms. The molecule has 4 nitrogen and oxygen atoms in total. The molecular weight excluding hydrogens is 146 g/mol. The van der Waals surface area contributed by atoms with Crippen molar-refractivity contribution in [3.05, 3.63) is 0 Å². The van der Waals surface area contributed by atoms with E-state index in [1.165, 1.54) is 6.92 Å². The third-order valence-corrected chi connectivity index (χ3v) is 1.07. The van der Waals surface area contributed by atoms with Gasteiger partial charge in [0, 0.05) is 13.3 Å². The van der Waals surface area contributed by atoms with E-state index in [0.29, 0.717) is 6.42 Å². The van der Waals surface area contributed by atoms with E-state index >= 15 is 0 Å². The zero-order valence-corrected chi connectivity index (χ0v) is 6.85. The van der Waals surface area contributed by atoms with Crippen LogP contribution in [0.4, 0.5) is 0 Å². The largest absolute Gasteiger partial charge is 0.341 e. The highest BCUT2D eigenvalue weighted by Crippen LogP contribution is 1.92. The first kappa shape index (κ1) is 9.94. The van der Waals surface area contributed by atoms with E-state index in [4.69, 9.17) is 0 Å². The van der Waals surface area contributed by atoms with E-state index in [9.17, 15) is 9.59 Å². The molecule has 11 heavy (non-hydrogen) atoms. The quantitative estimate of drug-likeness (QED) is 0.619. The maximum atomic E-state index is 10.7. The second-order valence-electron chi connectivity index (χ2n) is 2.22. The summed E-state index contributed by atoms with van der Waals surface area (Å²) in [5.41, 5.74) is 2.03. The van der Waals surface area contributed by atoms with Crippen molar-refractivity contribution >= 4 is 11.9 Å². The van der Waals surface area contributed by atoms with Crippen LogP contribution in [-0.4, -0.2) is 11.9 Å². The molecule has 0 aliphatic rings. The van der Waals surface area contributed by atoms with Crippen molar-refractivity contribution in [3.8, 4) is 0 Å². The van der Waals surface area contributed by atoms with Crippen LogP contribution in [0, 0.1) is 0 Å². The minimum absolute atomic E-state index is 0.248. The van der Waals surface area contributed by atoms with Gasteiger partial charge >= 0.3 is 5.97 Å². The van der Waals surface area contributed by atoms with E-state index < -0.39 is 5.97 Å². The van der Waals surface area contributed by atoms with Crippen molar-refractivity contribution in [3.63, 3.8) is 0 Å². The van der Waals surface area contributed by atoms with Gasteiger partial charge in [-0.15, -0.1) is 0 Å². The molecule has 0 aromatic heterocycles. The van der Waals surface area contributed by atoms with Gasteiger partial charge in [0.15, 0.2) is 0 Å². The number of nitrogens with one attached hydrogen (secondary N) is 1. The van der Waals surface area contributed by atoms with Crippen LogP contribution in [-0.2, 0) is 14.4 Å².